The maximum atomic E-state index is 13.5. The standard InChI is InChI=1S/C12H18FNO/c1-7(2)12(15)11(14)9-5-4-8(3)6-10(9)13/h4-7,11-12,15H,14H2,1-3H3/t11-,12+/m1/s1. The van der Waals surface area contributed by atoms with E-state index in [2.05, 4.69) is 0 Å². The molecule has 0 radical (unpaired) electrons. The predicted molar refractivity (Wildman–Crippen MR) is 58.9 cm³/mol. The van der Waals surface area contributed by atoms with Gasteiger partial charge < -0.3 is 10.8 Å². The van der Waals surface area contributed by atoms with Crippen molar-refractivity contribution < 1.29 is 9.50 Å². The lowest BCUT2D eigenvalue weighted by Gasteiger charge is -2.22. The van der Waals surface area contributed by atoms with Crippen LogP contribution in [-0.4, -0.2) is 11.2 Å². The summed E-state index contributed by atoms with van der Waals surface area (Å²) in [5.74, 6) is -0.331. The second-order valence-electron chi connectivity index (χ2n) is 4.29. The number of hydrogen-bond acceptors (Lipinski definition) is 2. The molecule has 0 saturated heterocycles. The van der Waals surface area contributed by atoms with Crippen LogP contribution in [0.4, 0.5) is 4.39 Å². The molecular weight excluding hydrogens is 193 g/mol. The van der Waals surface area contributed by atoms with Gasteiger partial charge in [0.15, 0.2) is 0 Å². The van der Waals surface area contributed by atoms with Crippen molar-refractivity contribution in [2.24, 2.45) is 11.7 Å². The molecular formula is C12H18FNO. The van der Waals surface area contributed by atoms with E-state index >= 15 is 0 Å². The van der Waals surface area contributed by atoms with Crippen LogP contribution in [-0.2, 0) is 0 Å². The molecule has 0 aliphatic heterocycles. The van der Waals surface area contributed by atoms with Crippen molar-refractivity contribution in [3.05, 3.63) is 35.1 Å². The number of rotatable bonds is 3. The monoisotopic (exact) mass is 211 g/mol. The Morgan fingerprint density at radius 3 is 2.40 bits per heavy atom. The highest BCUT2D eigenvalue weighted by atomic mass is 19.1. The third-order valence-electron chi connectivity index (χ3n) is 2.57. The number of aryl methyl sites for hydroxylation is 1. The summed E-state index contributed by atoms with van der Waals surface area (Å²) in [6.45, 7) is 5.53. The van der Waals surface area contributed by atoms with Crippen molar-refractivity contribution >= 4 is 0 Å². The molecule has 0 aromatic heterocycles. The molecule has 3 N–H and O–H groups in total. The summed E-state index contributed by atoms with van der Waals surface area (Å²) in [4.78, 5) is 0. The van der Waals surface area contributed by atoms with Crippen LogP contribution >= 0.6 is 0 Å². The Balaban J connectivity index is 2.96. The Kier molecular flexibility index (Phi) is 3.83. The molecule has 0 spiro atoms. The molecule has 15 heavy (non-hydrogen) atoms. The van der Waals surface area contributed by atoms with Gasteiger partial charge in [0.2, 0.25) is 0 Å². The molecule has 0 heterocycles. The molecule has 84 valence electrons. The lowest BCUT2D eigenvalue weighted by Crippen LogP contribution is -2.31. The number of aliphatic hydroxyl groups is 1. The fourth-order valence-electron chi connectivity index (χ4n) is 1.50. The fraction of sp³-hybridized carbons (Fsp3) is 0.500. The van der Waals surface area contributed by atoms with Gasteiger partial charge in [0.25, 0.3) is 0 Å². The first-order valence-electron chi connectivity index (χ1n) is 5.13. The molecule has 1 aromatic carbocycles. The molecule has 0 saturated carbocycles. The van der Waals surface area contributed by atoms with Crippen LogP contribution in [0.5, 0.6) is 0 Å². The zero-order valence-corrected chi connectivity index (χ0v) is 9.37. The summed E-state index contributed by atoms with van der Waals surface area (Å²) in [6.07, 6.45) is -0.720. The minimum atomic E-state index is -0.720. The van der Waals surface area contributed by atoms with Crippen LogP contribution in [0.15, 0.2) is 18.2 Å². The van der Waals surface area contributed by atoms with Gasteiger partial charge in [-0.15, -0.1) is 0 Å². The zero-order chi connectivity index (χ0) is 11.6. The van der Waals surface area contributed by atoms with Crippen LogP contribution in [0.2, 0.25) is 0 Å². The number of hydrogen-bond donors (Lipinski definition) is 2. The Morgan fingerprint density at radius 1 is 1.33 bits per heavy atom. The average Bonchev–Trinajstić information content (AvgIpc) is 2.15. The van der Waals surface area contributed by atoms with Crippen LogP contribution in [0.1, 0.15) is 31.0 Å². The summed E-state index contributed by atoms with van der Waals surface area (Å²) in [7, 11) is 0. The lowest BCUT2D eigenvalue weighted by atomic mass is 9.93. The maximum Gasteiger partial charge on any atom is 0.128 e. The van der Waals surface area contributed by atoms with Crippen molar-refractivity contribution in [3.63, 3.8) is 0 Å². The van der Waals surface area contributed by atoms with Crippen molar-refractivity contribution in [2.45, 2.75) is 32.9 Å². The first-order chi connectivity index (χ1) is 6.93. The van der Waals surface area contributed by atoms with Crippen LogP contribution in [0.3, 0.4) is 0 Å². The second kappa shape index (κ2) is 4.73. The van der Waals surface area contributed by atoms with E-state index < -0.39 is 12.1 Å². The highest BCUT2D eigenvalue weighted by molar-refractivity contribution is 5.26. The first kappa shape index (κ1) is 12.1. The van der Waals surface area contributed by atoms with Crippen LogP contribution in [0, 0.1) is 18.7 Å². The normalized spacial score (nSPS) is 15.4. The first-order valence-corrected chi connectivity index (χ1v) is 5.13. The third kappa shape index (κ3) is 2.76. The van der Waals surface area contributed by atoms with E-state index in [0.29, 0.717) is 5.56 Å². The number of benzene rings is 1. The third-order valence-corrected chi connectivity index (χ3v) is 2.57. The maximum absolute atomic E-state index is 13.5. The Morgan fingerprint density at radius 2 is 1.93 bits per heavy atom. The van der Waals surface area contributed by atoms with Gasteiger partial charge in [0.1, 0.15) is 5.82 Å². The smallest absolute Gasteiger partial charge is 0.128 e. The fourth-order valence-corrected chi connectivity index (χ4v) is 1.50. The van der Waals surface area contributed by atoms with Crippen LogP contribution in [0.25, 0.3) is 0 Å². The molecule has 1 aromatic rings. The number of halogens is 1. The summed E-state index contributed by atoms with van der Waals surface area (Å²) >= 11 is 0. The predicted octanol–water partition coefficient (Wildman–Crippen LogP) is 2.15. The average molecular weight is 211 g/mol. The summed E-state index contributed by atoms with van der Waals surface area (Å²) in [5.41, 5.74) is 7.03. The summed E-state index contributed by atoms with van der Waals surface area (Å²) in [6, 6.07) is 4.21. The van der Waals surface area contributed by atoms with E-state index in [4.69, 9.17) is 5.73 Å². The summed E-state index contributed by atoms with van der Waals surface area (Å²) < 4.78 is 13.5. The molecule has 2 atom stereocenters. The Bertz CT molecular complexity index is 338. The molecule has 0 fully saturated rings. The van der Waals surface area contributed by atoms with Crippen molar-refractivity contribution in [1.29, 1.82) is 0 Å². The quantitative estimate of drug-likeness (QED) is 0.804. The molecule has 2 nitrogen and oxygen atoms in total. The van der Waals surface area contributed by atoms with Gasteiger partial charge in [-0.3, -0.25) is 0 Å². The molecule has 0 unspecified atom stereocenters. The summed E-state index contributed by atoms with van der Waals surface area (Å²) in [5, 5.41) is 9.75. The highest BCUT2D eigenvalue weighted by Gasteiger charge is 2.22. The molecule has 3 heteroatoms. The zero-order valence-electron chi connectivity index (χ0n) is 9.37. The van der Waals surface area contributed by atoms with Gasteiger partial charge >= 0.3 is 0 Å². The lowest BCUT2D eigenvalue weighted by molar-refractivity contribution is 0.0966. The van der Waals surface area contributed by atoms with E-state index in [-0.39, 0.29) is 11.7 Å². The van der Waals surface area contributed by atoms with Gasteiger partial charge in [0, 0.05) is 5.56 Å². The van der Waals surface area contributed by atoms with Crippen molar-refractivity contribution in [2.75, 3.05) is 0 Å². The number of nitrogens with two attached hydrogens (primary N) is 1. The van der Waals surface area contributed by atoms with Crippen LogP contribution < -0.4 is 5.73 Å². The van der Waals surface area contributed by atoms with Gasteiger partial charge in [-0.25, -0.2) is 4.39 Å². The van der Waals surface area contributed by atoms with E-state index in [1.807, 2.05) is 20.8 Å². The highest BCUT2D eigenvalue weighted by Crippen LogP contribution is 2.22. The van der Waals surface area contributed by atoms with Gasteiger partial charge in [-0.1, -0.05) is 26.0 Å². The Labute approximate surface area is 89.9 Å². The largest absolute Gasteiger partial charge is 0.391 e. The topological polar surface area (TPSA) is 46.2 Å². The van der Waals surface area contributed by atoms with Gasteiger partial charge in [-0.2, -0.15) is 0 Å². The SMILES string of the molecule is Cc1ccc([C@@H](N)[C@@H](O)C(C)C)c(F)c1. The second-order valence-corrected chi connectivity index (χ2v) is 4.29. The van der Waals surface area contributed by atoms with Gasteiger partial charge in [0.05, 0.1) is 12.1 Å². The molecule has 0 bridgehead atoms. The molecule has 0 amide bonds. The van der Waals surface area contributed by atoms with E-state index in [9.17, 15) is 9.50 Å². The van der Waals surface area contributed by atoms with Gasteiger partial charge in [-0.05, 0) is 24.5 Å². The van der Waals surface area contributed by atoms with E-state index in [1.165, 1.54) is 6.07 Å². The molecule has 1 rings (SSSR count). The molecule has 0 aliphatic rings. The van der Waals surface area contributed by atoms with Crippen molar-refractivity contribution in [1.82, 2.24) is 0 Å². The minimum absolute atomic E-state index is 0.0145. The van der Waals surface area contributed by atoms with E-state index in [0.717, 1.165) is 5.56 Å². The minimum Gasteiger partial charge on any atom is -0.391 e. The molecule has 0 aliphatic carbocycles. The Hall–Kier alpha value is -0.930. The van der Waals surface area contributed by atoms with E-state index in [1.54, 1.807) is 12.1 Å². The van der Waals surface area contributed by atoms with Crippen molar-refractivity contribution in [3.8, 4) is 0 Å². The number of aliphatic hydroxyl groups excluding tert-OH is 1.